The second-order valence-corrected chi connectivity index (χ2v) is 11.6. The highest BCUT2D eigenvalue weighted by molar-refractivity contribution is 7.88. The average Bonchev–Trinajstić information content (AvgIpc) is 3.49. The van der Waals surface area contributed by atoms with E-state index in [0.717, 1.165) is 22.0 Å². The zero-order valence-corrected chi connectivity index (χ0v) is 20.7. The summed E-state index contributed by atoms with van der Waals surface area (Å²) in [6.45, 7) is 2.46. The number of nitriles is 1. The summed E-state index contributed by atoms with van der Waals surface area (Å²) in [5, 5.41) is 32.8. The molecule has 182 valence electrons. The number of hydrogen-bond donors (Lipinski definition) is 2. The van der Waals surface area contributed by atoms with E-state index in [1.807, 2.05) is 17.6 Å². The monoisotopic (exact) mass is 513 g/mol. The van der Waals surface area contributed by atoms with Crippen LogP contribution in [0.4, 0.5) is 11.6 Å². The molecular formula is C21H23N9O3S2. The lowest BCUT2D eigenvalue weighted by molar-refractivity contribution is 0.0724. The van der Waals surface area contributed by atoms with E-state index in [-0.39, 0.29) is 19.5 Å². The van der Waals surface area contributed by atoms with Crippen LogP contribution in [0.25, 0.3) is 21.5 Å². The van der Waals surface area contributed by atoms with E-state index in [0.29, 0.717) is 23.9 Å². The second kappa shape index (κ2) is 8.68. The maximum Gasteiger partial charge on any atom is 0.228 e. The minimum Gasteiger partial charge on any atom is -0.391 e. The molecule has 0 amide bonds. The molecule has 0 unspecified atom stereocenters. The minimum atomic E-state index is -3.34. The molecule has 0 aromatic carbocycles. The smallest absolute Gasteiger partial charge is 0.228 e. The lowest BCUT2D eigenvalue weighted by Crippen LogP contribution is -2.63. The Morgan fingerprint density at radius 1 is 1.29 bits per heavy atom. The van der Waals surface area contributed by atoms with Crippen LogP contribution in [0.3, 0.4) is 0 Å². The minimum absolute atomic E-state index is 0.140. The average molecular weight is 514 g/mol. The van der Waals surface area contributed by atoms with Crippen LogP contribution in [-0.4, -0.2) is 72.8 Å². The molecule has 1 fully saturated rings. The molecule has 4 aromatic heterocycles. The molecule has 5 heterocycles. The molecule has 0 spiro atoms. The molecule has 1 saturated heterocycles. The third-order valence-corrected chi connectivity index (χ3v) is 7.91. The number of nitrogens with zero attached hydrogens (tertiary/aromatic N) is 8. The number of aromatic nitrogens is 6. The van der Waals surface area contributed by atoms with Crippen LogP contribution >= 0.6 is 11.3 Å². The van der Waals surface area contributed by atoms with Crippen molar-refractivity contribution in [3.8, 4) is 17.3 Å². The maximum atomic E-state index is 11.9. The van der Waals surface area contributed by atoms with Gasteiger partial charge in [0.1, 0.15) is 5.54 Å². The fourth-order valence-electron chi connectivity index (χ4n) is 4.08. The van der Waals surface area contributed by atoms with Gasteiger partial charge in [-0.2, -0.15) is 19.8 Å². The van der Waals surface area contributed by atoms with Gasteiger partial charge < -0.3 is 10.4 Å². The molecule has 35 heavy (non-hydrogen) atoms. The number of rotatable bonds is 8. The van der Waals surface area contributed by atoms with Crippen molar-refractivity contribution in [2.24, 2.45) is 0 Å². The molecule has 5 rings (SSSR count). The number of anilines is 2. The normalized spacial score (nSPS) is 16.6. The largest absolute Gasteiger partial charge is 0.391 e. The predicted octanol–water partition coefficient (Wildman–Crippen LogP) is 1.76. The topological polar surface area (TPSA) is 155 Å². The maximum absolute atomic E-state index is 11.9. The SMILES string of the molecule is C[C@H](O)Cn1cc(Nc2nc(-c3cnn(C4(CC#N)CN(S(C)(=O)=O)C4)c3)c3sccc3n2)cn1. The first-order valence-corrected chi connectivity index (χ1v) is 13.5. The van der Waals surface area contributed by atoms with Crippen molar-refractivity contribution in [2.75, 3.05) is 24.7 Å². The van der Waals surface area contributed by atoms with Gasteiger partial charge in [0, 0.05) is 31.0 Å². The van der Waals surface area contributed by atoms with E-state index in [1.54, 1.807) is 34.9 Å². The molecule has 0 aliphatic carbocycles. The van der Waals surface area contributed by atoms with Gasteiger partial charge in [0.15, 0.2) is 0 Å². The van der Waals surface area contributed by atoms with Crippen molar-refractivity contribution in [3.05, 3.63) is 36.2 Å². The van der Waals surface area contributed by atoms with Crippen LogP contribution in [-0.2, 0) is 22.1 Å². The van der Waals surface area contributed by atoms with Crippen molar-refractivity contribution in [3.63, 3.8) is 0 Å². The van der Waals surface area contributed by atoms with Crippen molar-refractivity contribution in [1.29, 1.82) is 5.26 Å². The van der Waals surface area contributed by atoms with Crippen LogP contribution in [0.15, 0.2) is 36.2 Å². The summed E-state index contributed by atoms with van der Waals surface area (Å²) in [6.07, 6.45) is 7.67. The lowest BCUT2D eigenvalue weighted by atomic mass is 9.89. The van der Waals surface area contributed by atoms with E-state index in [4.69, 9.17) is 4.98 Å². The second-order valence-electron chi connectivity index (χ2n) is 8.72. The number of nitrogens with one attached hydrogen (secondary N) is 1. The fourth-order valence-corrected chi connectivity index (χ4v) is 5.87. The summed E-state index contributed by atoms with van der Waals surface area (Å²) in [4.78, 5) is 9.32. The Kier molecular flexibility index (Phi) is 5.80. The molecular weight excluding hydrogens is 490 g/mol. The number of aliphatic hydroxyl groups excluding tert-OH is 1. The van der Waals surface area contributed by atoms with Gasteiger partial charge in [-0.25, -0.2) is 18.4 Å². The van der Waals surface area contributed by atoms with Crippen molar-refractivity contribution >= 4 is 43.2 Å². The van der Waals surface area contributed by atoms with Gasteiger partial charge in [-0.15, -0.1) is 11.3 Å². The molecule has 2 N–H and O–H groups in total. The van der Waals surface area contributed by atoms with E-state index in [9.17, 15) is 18.8 Å². The van der Waals surface area contributed by atoms with E-state index in [1.165, 1.54) is 15.6 Å². The van der Waals surface area contributed by atoms with Crippen LogP contribution in [0.5, 0.6) is 0 Å². The summed E-state index contributed by atoms with van der Waals surface area (Å²) in [5.41, 5.74) is 2.16. The molecule has 4 aromatic rings. The molecule has 14 heteroatoms. The number of thiophene rings is 1. The summed E-state index contributed by atoms with van der Waals surface area (Å²) >= 11 is 1.51. The number of aliphatic hydroxyl groups is 1. The molecule has 0 bridgehead atoms. The van der Waals surface area contributed by atoms with Gasteiger partial charge in [-0.1, -0.05) is 0 Å². The van der Waals surface area contributed by atoms with Crippen molar-refractivity contribution in [1.82, 2.24) is 33.8 Å². The Morgan fingerprint density at radius 2 is 2.09 bits per heavy atom. The summed E-state index contributed by atoms with van der Waals surface area (Å²) in [6, 6.07) is 4.07. The van der Waals surface area contributed by atoms with Gasteiger partial charge in [-0.05, 0) is 18.4 Å². The molecule has 0 saturated carbocycles. The Balaban J connectivity index is 1.46. The zero-order valence-electron chi connectivity index (χ0n) is 19.0. The quantitative estimate of drug-likeness (QED) is 0.358. The van der Waals surface area contributed by atoms with Gasteiger partial charge in [0.2, 0.25) is 16.0 Å². The first kappa shape index (κ1) is 23.4. The number of sulfonamides is 1. The fraction of sp³-hybridized carbons (Fsp3) is 0.381. The molecule has 1 aliphatic heterocycles. The molecule has 1 atom stereocenters. The number of fused-ring (bicyclic) bond motifs is 1. The Labute approximate surface area is 205 Å². The highest BCUT2D eigenvalue weighted by Gasteiger charge is 2.49. The van der Waals surface area contributed by atoms with Gasteiger partial charge in [-0.3, -0.25) is 9.36 Å². The molecule has 12 nitrogen and oxygen atoms in total. The van der Waals surface area contributed by atoms with Gasteiger partial charge >= 0.3 is 0 Å². The first-order valence-electron chi connectivity index (χ1n) is 10.8. The van der Waals surface area contributed by atoms with Crippen LogP contribution in [0.2, 0.25) is 0 Å². The first-order chi connectivity index (χ1) is 16.7. The zero-order chi connectivity index (χ0) is 24.8. The van der Waals surface area contributed by atoms with E-state index < -0.39 is 21.7 Å². The Hall–Kier alpha value is -3.38. The summed E-state index contributed by atoms with van der Waals surface area (Å²) in [7, 11) is -3.34. The highest BCUT2D eigenvalue weighted by atomic mass is 32.2. The third-order valence-electron chi connectivity index (χ3n) is 5.80. The predicted molar refractivity (Wildman–Crippen MR) is 130 cm³/mol. The van der Waals surface area contributed by atoms with Crippen LogP contribution in [0.1, 0.15) is 13.3 Å². The molecule has 1 aliphatic rings. The highest BCUT2D eigenvalue weighted by Crippen LogP contribution is 2.36. The van der Waals surface area contributed by atoms with E-state index >= 15 is 0 Å². The Bertz CT molecular complexity index is 1520. The standard InChI is InChI=1S/C21H23N9O3S2/c1-14(31)9-28-11-16(8-23-28)25-20-26-17-3-6-34-19(17)18(27-20)15-7-24-30(10-15)21(4-5-22)12-29(13-21)35(2,32)33/h3,6-8,10-11,14,31H,4,9,12-13H2,1-2H3,(H,25,26,27)/t14-/m0/s1. The van der Waals surface area contributed by atoms with E-state index in [2.05, 4.69) is 26.6 Å². The molecule has 0 radical (unpaired) electrons. The van der Waals surface area contributed by atoms with Crippen LogP contribution in [0, 0.1) is 11.3 Å². The number of hydrogen-bond acceptors (Lipinski definition) is 10. The lowest BCUT2D eigenvalue weighted by Gasteiger charge is -2.47. The van der Waals surface area contributed by atoms with Gasteiger partial charge in [0.05, 0.1) is 65.4 Å². The van der Waals surface area contributed by atoms with Gasteiger partial charge in [0.25, 0.3) is 0 Å². The third kappa shape index (κ3) is 4.50. The summed E-state index contributed by atoms with van der Waals surface area (Å²) in [5.74, 6) is 0.383. The Morgan fingerprint density at radius 3 is 2.80 bits per heavy atom. The van der Waals surface area contributed by atoms with Crippen LogP contribution < -0.4 is 5.32 Å². The summed E-state index contributed by atoms with van der Waals surface area (Å²) < 4.78 is 29.3. The van der Waals surface area contributed by atoms with Crippen molar-refractivity contribution < 1.29 is 13.5 Å². The van der Waals surface area contributed by atoms with Crippen molar-refractivity contribution in [2.45, 2.75) is 31.5 Å².